The van der Waals surface area contributed by atoms with Crippen molar-refractivity contribution < 1.29 is 26.7 Å². The summed E-state index contributed by atoms with van der Waals surface area (Å²) in [5.74, 6) is 0. The van der Waals surface area contributed by atoms with Gasteiger partial charge in [0.2, 0.25) is 0 Å². The van der Waals surface area contributed by atoms with Crippen LogP contribution >= 0.6 is 0 Å². The van der Waals surface area contributed by atoms with E-state index in [1.807, 2.05) is 0 Å². The van der Waals surface area contributed by atoms with Gasteiger partial charge in [-0.05, 0) is 5.56 Å². The first-order chi connectivity index (χ1) is 9.13. The van der Waals surface area contributed by atoms with Gasteiger partial charge in [-0.15, -0.1) is 0 Å². The van der Waals surface area contributed by atoms with Crippen LogP contribution in [-0.4, -0.2) is 43.7 Å². The molecule has 1 rings (SSSR count). The van der Waals surface area contributed by atoms with Gasteiger partial charge in [0, 0.05) is 20.1 Å². The van der Waals surface area contributed by atoms with Crippen LogP contribution in [0.4, 0.5) is 13.2 Å². The van der Waals surface area contributed by atoms with Crippen molar-refractivity contribution in [3.63, 3.8) is 0 Å². The predicted octanol–water partition coefficient (Wildman–Crippen LogP) is 0.876. The van der Waals surface area contributed by atoms with Crippen LogP contribution in [0.3, 0.4) is 0 Å². The van der Waals surface area contributed by atoms with Gasteiger partial charge in [-0.1, -0.05) is 30.3 Å². The van der Waals surface area contributed by atoms with Gasteiger partial charge < -0.3 is 5.11 Å². The Bertz CT molecular complexity index is 519. The summed E-state index contributed by atoms with van der Waals surface area (Å²) in [6, 6.07) is 8.58. The molecule has 0 fully saturated rings. The van der Waals surface area contributed by atoms with Crippen LogP contribution in [0.5, 0.6) is 0 Å². The van der Waals surface area contributed by atoms with E-state index in [0.717, 1.165) is 4.31 Å². The van der Waals surface area contributed by atoms with E-state index in [9.17, 15) is 21.6 Å². The first kappa shape index (κ1) is 16.9. The number of aliphatic hydroxyl groups is 1. The first-order valence-electron chi connectivity index (χ1n) is 5.62. The standard InChI is InChI=1S/C11H15F3N2O3S/c1-16(8-9-5-3-2-4-6-9)20(18,19)15-7-10(17)11(12,13)14/h2-6,10,15,17H,7-8H2,1H3. The van der Waals surface area contributed by atoms with Crippen molar-refractivity contribution in [2.24, 2.45) is 0 Å². The molecule has 0 saturated heterocycles. The quantitative estimate of drug-likeness (QED) is 0.819. The lowest BCUT2D eigenvalue weighted by molar-refractivity contribution is -0.200. The number of hydrogen-bond donors (Lipinski definition) is 2. The molecule has 0 aliphatic heterocycles. The van der Waals surface area contributed by atoms with Gasteiger partial charge in [-0.3, -0.25) is 0 Å². The third kappa shape index (κ3) is 5.08. The van der Waals surface area contributed by atoms with E-state index in [1.165, 1.54) is 7.05 Å². The number of rotatable bonds is 6. The van der Waals surface area contributed by atoms with E-state index < -0.39 is 29.0 Å². The topological polar surface area (TPSA) is 69.6 Å². The van der Waals surface area contributed by atoms with Crippen LogP contribution in [-0.2, 0) is 16.8 Å². The Morgan fingerprint density at radius 1 is 1.30 bits per heavy atom. The molecule has 1 aromatic carbocycles. The highest BCUT2D eigenvalue weighted by Crippen LogP contribution is 2.19. The van der Waals surface area contributed by atoms with Crippen LogP contribution in [0.2, 0.25) is 0 Å². The van der Waals surface area contributed by atoms with Crippen LogP contribution < -0.4 is 4.72 Å². The predicted molar refractivity (Wildman–Crippen MR) is 66.9 cm³/mol. The lowest BCUT2D eigenvalue weighted by atomic mass is 10.2. The van der Waals surface area contributed by atoms with E-state index in [4.69, 9.17) is 5.11 Å². The second-order valence-electron chi connectivity index (χ2n) is 4.15. The monoisotopic (exact) mass is 312 g/mol. The van der Waals surface area contributed by atoms with Crippen molar-refractivity contribution >= 4 is 10.2 Å². The average Bonchev–Trinajstić information content (AvgIpc) is 2.36. The molecule has 9 heteroatoms. The van der Waals surface area contributed by atoms with E-state index in [0.29, 0.717) is 5.56 Å². The number of nitrogens with zero attached hydrogens (tertiary/aromatic N) is 1. The third-order valence-electron chi connectivity index (χ3n) is 2.50. The fourth-order valence-electron chi connectivity index (χ4n) is 1.34. The van der Waals surface area contributed by atoms with Gasteiger partial charge in [-0.25, -0.2) is 0 Å². The van der Waals surface area contributed by atoms with Gasteiger partial charge in [0.15, 0.2) is 6.10 Å². The Morgan fingerprint density at radius 2 is 1.85 bits per heavy atom. The molecule has 20 heavy (non-hydrogen) atoms. The van der Waals surface area contributed by atoms with Crippen molar-refractivity contribution in [3.8, 4) is 0 Å². The van der Waals surface area contributed by atoms with Crippen molar-refractivity contribution in [1.29, 1.82) is 0 Å². The second-order valence-corrected chi connectivity index (χ2v) is 6.01. The van der Waals surface area contributed by atoms with Crippen molar-refractivity contribution in [2.75, 3.05) is 13.6 Å². The van der Waals surface area contributed by atoms with Gasteiger partial charge >= 0.3 is 6.18 Å². The van der Waals surface area contributed by atoms with E-state index in [-0.39, 0.29) is 6.54 Å². The summed E-state index contributed by atoms with van der Waals surface area (Å²) in [5.41, 5.74) is 0.691. The summed E-state index contributed by atoms with van der Waals surface area (Å²) >= 11 is 0. The largest absolute Gasteiger partial charge is 0.415 e. The van der Waals surface area contributed by atoms with Gasteiger partial charge in [0.05, 0.1) is 0 Å². The number of halogens is 3. The Balaban J connectivity index is 2.60. The minimum absolute atomic E-state index is 0.0122. The number of nitrogens with one attached hydrogen (secondary N) is 1. The fraction of sp³-hybridized carbons (Fsp3) is 0.455. The SMILES string of the molecule is CN(Cc1ccccc1)S(=O)(=O)NCC(O)C(F)(F)F. The summed E-state index contributed by atoms with van der Waals surface area (Å²) in [7, 11) is -2.86. The van der Waals surface area contributed by atoms with Crippen molar-refractivity contribution in [1.82, 2.24) is 9.03 Å². The number of hydrogen-bond acceptors (Lipinski definition) is 3. The normalized spacial score (nSPS) is 14.5. The zero-order valence-corrected chi connectivity index (χ0v) is 11.4. The lowest BCUT2D eigenvalue weighted by Gasteiger charge is -2.20. The van der Waals surface area contributed by atoms with E-state index >= 15 is 0 Å². The Hall–Kier alpha value is -1.16. The molecule has 1 aromatic rings. The Kier molecular flexibility index (Phi) is 5.51. The summed E-state index contributed by atoms with van der Waals surface area (Å²) in [4.78, 5) is 0. The lowest BCUT2D eigenvalue weighted by Crippen LogP contribution is -2.45. The molecule has 0 saturated carbocycles. The minimum atomic E-state index is -4.86. The summed E-state index contributed by atoms with van der Waals surface area (Å²) in [5, 5.41) is 8.75. The average molecular weight is 312 g/mol. The molecule has 0 spiro atoms. The van der Waals surface area contributed by atoms with Crippen LogP contribution in [0.1, 0.15) is 5.56 Å². The summed E-state index contributed by atoms with van der Waals surface area (Å²) in [6.45, 7) is -1.11. The third-order valence-corrected chi connectivity index (χ3v) is 3.98. The van der Waals surface area contributed by atoms with Gasteiger partial charge in [0.1, 0.15) is 0 Å². The highest BCUT2D eigenvalue weighted by atomic mass is 32.2. The van der Waals surface area contributed by atoms with Crippen LogP contribution in [0, 0.1) is 0 Å². The Morgan fingerprint density at radius 3 is 2.35 bits per heavy atom. The number of aliphatic hydroxyl groups excluding tert-OH is 1. The molecule has 114 valence electrons. The van der Waals surface area contributed by atoms with Gasteiger partial charge in [0.25, 0.3) is 10.2 Å². The molecule has 5 nitrogen and oxygen atoms in total. The summed E-state index contributed by atoms with van der Waals surface area (Å²) < 4.78 is 62.2. The maximum Gasteiger partial charge on any atom is 0.415 e. The summed E-state index contributed by atoms with van der Waals surface area (Å²) in [6.07, 6.45) is -7.59. The molecule has 0 aromatic heterocycles. The highest BCUT2D eigenvalue weighted by molar-refractivity contribution is 7.87. The molecule has 0 aliphatic carbocycles. The van der Waals surface area contributed by atoms with Crippen LogP contribution in [0.25, 0.3) is 0 Å². The minimum Gasteiger partial charge on any atom is -0.382 e. The molecule has 0 radical (unpaired) electrons. The Labute approximate surface area is 115 Å². The first-order valence-corrected chi connectivity index (χ1v) is 7.06. The number of benzene rings is 1. The fourth-order valence-corrected chi connectivity index (χ4v) is 2.24. The van der Waals surface area contributed by atoms with E-state index in [1.54, 1.807) is 35.1 Å². The molecule has 0 amide bonds. The molecular weight excluding hydrogens is 297 g/mol. The molecular formula is C11H15F3N2O3S. The van der Waals surface area contributed by atoms with Crippen LogP contribution in [0.15, 0.2) is 30.3 Å². The smallest absolute Gasteiger partial charge is 0.382 e. The highest BCUT2D eigenvalue weighted by Gasteiger charge is 2.38. The van der Waals surface area contributed by atoms with Crippen molar-refractivity contribution in [2.45, 2.75) is 18.8 Å². The van der Waals surface area contributed by atoms with Gasteiger partial charge in [-0.2, -0.15) is 30.6 Å². The zero-order chi connectivity index (χ0) is 15.4. The molecule has 2 N–H and O–H groups in total. The zero-order valence-electron chi connectivity index (χ0n) is 10.6. The maximum absolute atomic E-state index is 12.1. The molecule has 0 aliphatic rings. The van der Waals surface area contributed by atoms with Crippen molar-refractivity contribution in [3.05, 3.63) is 35.9 Å². The maximum atomic E-state index is 12.1. The molecule has 1 atom stereocenters. The number of alkyl halides is 3. The molecule has 0 bridgehead atoms. The second kappa shape index (κ2) is 6.53. The molecule has 0 heterocycles. The van der Waals surface area contributed by atoms with E-state index in [2.05, 4.69) is 0 Å². The molecule has 1 unspecified atom stereocenters.